The summed E-state index contributed by atoms with van der Waals surface area (Å²) in [6, 6.07) is 5.92. The minimum atomic E-state index is -0.279. The fraction of sp³-hybridized carbons (Fsp3) is 0.231. The molecule has 6 heteroatoms. The molecule has 3 aromatic rings. The maximum Gasteiger partial charge on any atom is 0.350 e. The molecule has 0 aliphatic rings. The lowest BCUT2D eigenvalue weighted by atomic mass is 10.3. The van der Waals surface area contributed by atoms with Gasteiger partial charge in [-0.2, -0.15) is 0 Å². The van der Waals surface area contributed by atoms with E-state index in [2.05, 4.69) is 20.9 Å². The van der Waals surface area contributed by atoms with E-state index in [0.717, 1.165) is 26.2 Å². The van der Waals surface area contributed by atoms with Crippen molar-refractivity contribution in [2.75, 3.05) is 6.61 Å². The summed E-state index contributed by atoms with van der Waals surface area (Å²) in [6.45, 7) is 4.10. The third kappa shape index (κ3) is 1.95. The highest BCUT2D eigenvalue weighted by Gasteiger charge is 2.19. The van der Waals surface area contributed by atoms with Crippen LogP contribution in [0, 0.1) is 6.92 Å². The summed E-state index contributed by atoms with van der Waals surface area (Å²) in [5, 5.41) is 0. The monoisotopic (exact) mass is 338 g/mol. The first-order valence-electron chi connectivity index (χ1n) is 5.86. The molecule has 0 unspecified atom stereocenters. The molecule has 0 N–H and O–H groups in total. The number of rotatable bonds is 2. The predicted octanol–water partition coefficient (Wildman–Crippen LogP) is 3.80. The summed E-state index contributed by atoms with van der Waals surface area (Å²) in [4.78, 5) is 17.8. The zero-order valence-electron chi connectivity index (χ0n) is 10.4. The highest BCUT2D eigenvalue weighted by molar-refractivity contribution is 9.10. The van der Waals surface area contributed by atoms with Gasteiger partial charge in [-0.3, -0.25) is 4.40 Å². The van der Waals surface area contributed by atoms with Crippen LogP contribution in [0.3, 0.4) is 0 Å². The first-order chi connectivity index (χ1) is 9.11. The summed E-state index contributed by atoms with van der Waals surface area (Å²) >= 11 is 4.82. The topological polar surface area (TPSA) is 43.6 Å². The molecule has 0 amide bonds. The van der Waals surface area contributed by atoms with E-state index in [1.807, 2.05) is 29.5 Å². The van der Waals surface area contributed by atoms with Crippen LogP contribution in [-0.4, -0.2) is 22.0 Å². The smallest absolute Gasteiger partial charge is 0.350 e. The van der Waals surface area contributed by atoms with Crippen LogP contribution in [0.2, 0.25) is 0 Å². The van der Waals surface area contributed by atoms with Crippen LogP contribution in [0.4, 0.5) is 0 Å². The summed E-state index contributed by atoms with van der Waals surface area (Å²) in [5.74, 6) is -0.279. The van der Waals surface area contributed by atoms with Gasteiger partial charge in [0, 0.05) is 10.2 Å². The number of esters is 1. The van der Waals surface area contributed by atoms with Crippen LogP contribution >= 0.6 is 27.3 Å². The molecule has 1 aromatic carbocycles. The van der Waals surface area contributed by atoms with Crippen molar-refractivity contribution in [3.05, 3.63) is 33.2 Å². The number of imidazole rings is 1. The number of aryl methyl sites for hydroxylation is 1. The summed E-state index contributed by atoms with van der Waals surface area (Å²) in [7, 11) is 0. The lowest BCUT2D eigenvalue weighted by Crippen LogP contribution is -2.04. The Bertz CT molecular complexity index is 791. The van der Waals surface area contributed by atoms with E-state index in [1.54, 1.807) is 6.92 Å². The molecule has 0 spiro atoms. The molecular formula is C13H11BrN2O2S. The van der Waals surface area contributed by atoms with E-state index < -0.39 is 0 Å². The first-order valence-corrected chi connectivity index (χ1v) is 7.47. The standard InChI is InChI=1S/C13H11BrN2O2S/c1-3-18-12(17)11-7(2)16-10-6-8(14)4-5-9(10)15-13(16)19-11/h4-6H,3H2,1-2H3. The molecule has 0 atom stereocenters. The molecule has 2 heterocycles. The van der Waals surface area contributed by atoms with E-state index in [0.29, 0.717) is 11.5 Å². The number of benzene rings is 1. The molecule has 4 nitrogen and oxygen atoms in total. The maximum atomic E-state index is 11.9. The van der Waals surface area contributed by atoms with E-state index in [-0.39, 0.29) is 5.97 Å². The molecule has 0 radical (unpaired) electrons. The van der Waals surface area contributed by atoms with Gasteiger partial charge in [0.2, 0.25) is 0 Å². The summed E-state index contributed by atoms with van der Waals surface area (Å²) < 4.78 is 8.05. The molecule has 0 bridgehead atoms. The Labute approximate surface area is 122 Å². The van der Waals surface area contributed by atoms with Gasteiger partial charge in [-0.15, -0.1) is 0 Å². The first kappa shape index (κ1) is 12.6. The Morgan fingerprint density at radius 2 is 2.32 bits per heavy atom. The average Bonchev–Trinajstić information content (AvgIpc) is 2.87. The number of carbonyl (C=O) groups is 1. The van der Waals surface area contributed by atoms with Crippen LogP contribution in [0.1, 0.15) is 22.3 Å². The fourth-order valence-electron chi connectivity index (χ4n) is 2.07. The van der Waals surface area contributed by atoms with Crippen LogP contribution in [0.25, 0.3) is 16.0 Å². The van der Waals surface area contributed by atoms with E-state index in [4.69, 9.17) is 4.74 Å². The fourth-order valence-corrected chi connectivity index (χ4v) is 3.46. The Morgan fingerprint density at radius 1 is 1.53 bits per heavy atom. The SMILES string of the molecule is CCOC(=O)c1sc2nc3ccc(Br)cc3n2c1C. The zero-order valence-corrected chi connectivity index (χ0v) is 12.8. The van der Waals surface area contributed by atoms with Gasteiger partial charge in [-0.1, -0.05) is 27.3 Å². The van der Waals surface area contributed by atoms with Crippen molar-refractivity contribution in [1.29, 1.82) is 0 Å². The van der Waals surface area contributed by atoms with Gasteiger partial charge in [0.15, 0.2) is 4.96 Å². The molecule has 0 aliphatic carbocycles. The van der Waals surface area contributed by atoms with Gasteiger partial charge in [0.1, 0.15) is 4.88 Å². The van der Waals surface area contributed by atoms with Crippen LogP contribution in [0.15, 0.2) is 22.7 Å². The Kier molecular flexibility index (Phi) is 3.06. The molecule has 2 aromatic heterocycles. The Morgan fingerprint density at radius 3 is 3.05 bits per heavy atom. The second-order valence-corrected chi connectivity index (χ2v) is 5.99. The number of hydrogen-bond acceptors (Lipinski definition) is 4. The van der Waals surface area contributed by atoms with E-state index >= 15 is 0 Å². The van der Waals surface area contributed by atoms with Gasteiger partial charge < -0.3 is 4.74 Å². The number of aromatic nitrogens is 2. The molecule has 0 saturated heterocycles. The Balaban J connectivity index is 2.27. The number of halogens is 1. The van der Waals surface area contributed by atoms with Gasteiger partial charge in [-0.05, 0) is 32.0 Å². The van der Waals surface area contributed by atoms with Crippen LogP contribution < -0.4 is 0 Å². The number of carbonyl (C=O) groups excluding carboxylic acids is 1. The second kappa shape index (κ2) is 4.61. The third-order valence-corrected chi connectivity index (χ3v) is 4.52. The second-order valence-electron chi connectivity index (χ2n) is 4.10. The van der Waals surface area contributed by atoms with Crippen molar-refractivity contribution in [2.45, 2.75) is 13.8 Å². The molecule has 98 valence electrons. The van der Waals surface area contributed by atoms with Gasteiger partial charge in [-0.25, -0.2) is 9.78 Å². The van der Waals surface area contributed by atoms with Crippen molar-refractivity contribution in [1.82, 2.24) is 9.38 Å². The molecule has 19 heavy (non-hydrogen) atoms. The number of hydrogen-bond donors (Lipinski definition) is 0. The minimum absolute atomic E-state index is 0.279. The van der Waals surface area contributed by atoms with Gasteiger partial charge >= 0.3 is 5.97 Å². The number of fused-ring (bicyclic) bond motifs is 3. The van der Waals surface area contributed by atoms with Crippen molar-refractivity contribution in [3.8, 4) is 0 Å². The minimum Gasteiger partial charge on any atom is -0.462 e. The molecule has 0 aliphatic heterocycles. The third-order valence-electron chi connectivity index (χ3n) is 2.90. The van der Waals surface area contributed by atoms with E-state index in [9.17, 15) is 4.79 Å². The number of thiazole rings is 1. The van der Waals surface area contributed by atoms with Gasteiger partial charge in [0.25, 0.3) is 0 Å². The largest absolute Gasteiger partial charge is 0.462 e. The highest BCUT2D eigenvalue weighted by Crippen LogP contribution is 2.29. The summed E-state index contributed by atoms with van der Waals surface area (Å²) in [5.41, 5.74) is 2.79. The maximum absolute atomic E-state index is 11.9. The Hall–Kier alpha value is -1.40. The lowest BCUT2D eigenvalue weighted by molar-refractivity contribution is 0.0531. The van der Waals surface area contributed by atoms with Crippen molar-refractivity contribution in [3.63, 3.8) is 0 Å². The van der Waals surface area contributed by atoms with Crippen LogP contribution in [0.5, 0.6) is 0 Å². The van der Waals surface area contributed by atoms with Crippen LogP contribution in [-0.2, 0) is 4.74 Å². The van der Waals surface area contributed by atoms with Crippen molar-refractivity contribution < 1.29 is 9.53 Å². The lowest BCUT2D eigenvalue weighted by Gasteiger charge is -2.00. The predicted molar refractivity (Wildman–Crippen MR) is 79.0 cm³/mol. The van der Waals surface area contributed by atoms with Gasteiger partial charge in [0.05, 0.1) is 17.6 Å². The molecular weight excluding hydrogens is 328 g/mol. The number of ether oxygens (including phenoxy) is 1. The molecule has 3 rings (SSSR count). The van der Waals surface area contributed by atoms with Crippen molar-refractivity contribution in [2.24, 2.45) is 0 Å². The van der Waals surface area contributed by atoms with Crippen molar-refractivity contribution >= 4 is 49.2 Å². The summed E-state index contributed by atoms with van der Waals surface area (Å²) in [6.07, 6.45) is 0. The highest BCUT2D eigenvalue weighted by atomic mass is 79.9. The zero-order chi connectivity index (χ0) is 13.6. The van der Waals surface area contributed by atoms with E-state index in [1.165, 1.54) is 11.3 Å². The number of nitrogens with zero attached hydrogens (tertiary/aromatic N) is 2. The normalized spacial score (nSPS) is 11.3. The quantitative estimate of drug-likeness (QED) is 0.667. The molecule has 0 fully saturated rings. The average molecular weight is 339 g/mol. The molecule has 0 saturated carbocycles.